The summed E-state index contributed by atoms with van der Waals surface area (Å²) in [7, 11) is 0. The Labute approximate surface area is 100 Å². The van der Waals surface area contributed by atoms with E-state index in [0.29, 0.717) is 19.6 Å². The Morgan fingerprint density at radius 2 is 1.88 bits per heavy atom. The van der Waals surface area contributed by atoms with Gasteiger partial charge in [0.05, 0.1) is 0 Å². The molecule has 1 fully saturated rings. The zero-order chi connectivity index (χ0) is 11.7. The van der Waals surface area contributed by atoms with E-state index in [-0.39, 0.29) is 5.91 Å². The van der Waals surface area contributed by atoms with Crippen LogP contribution in [0, 0.1) is 0 Å². The Morgan fingerprint density at radius 1 is 1.06 bits per heavy atom. The maximum atomic E-state index is 11.8. The number of benzene rings is 1. The summed E-state index contributed by atoms with van der Waals surface area (Å²) in [5.74, 6) is 1.71. The largest absolute Gasteiger partial charge is 0.486 e. The molecule has 0 aromatic heterocycles. The molecular weight excluding hydrogens is 218 g/mol. The molecule has 0 radical (unpaired) electrons. The molecule has 4 heteroatoms. The van der Waals surface area contributed by atoms with Gasteiger partial charge in [-0.1, -0.05) is 0 Å². The highest BCUT2D eigenvalue weighted by molar-refractivity contribution is 5.94. The van der Waals surface area contributed by atoms with Gasteiger partial charge in [-0.05, 0) is 25.0 Å². The molecule has 1 saturated heterocycles. The number of carbonyl (C=O) groups is 1. The van der Waals surface area contributed by atoms with E-state index < -0.39 is 0 Å². The third-order valence-corrected chi connectivity index (χ3v) is 3.16. The Morgan fingerprint density at radius 3 is 2.71 bits per heavy atom. The van der Waals surface area contributed by atoms with Gasteiger partial charge in [-0.2, -0.15) is 0 Å². The number of rotatable bonds is 1. The van der Waals surface area contributed by atoms with Crippen molar-refractivity contribution in [2.45, 2.75) is 19.3 Å². The van der Waals surface area contributed by atoms with Gasteiger partial charge in [-0.3, -0.25) is 4.79 Å². The first-order chi connectivity index (χ1) is 8.34. The molecule has 2 heterocycles. The molecule has 0 spiro atoms. The minimum absolute atomic E-state index is 0.202. The van der Waals surface area contributed by atoms with Crippen molar-refractivity contribution in [3.63, 3.8) is 0 Å². The molecule has 0 bridgehead atoms. The van der Waals surface area contributed by atoms with Gasteiger partial charge in [-0.15, -0.1) is 0 Å². The van der Waals surface area contributed by atoms with Gasteiger partial charge in [-0.25, -0.2) is 0 Å². The molecule has 1 aromatic rings. The molecule has 0 saturated carbocycles. The summed E-state index contributed by atoms with van der Waals surface area (Å²) in [4.78, 5) is 13.7. The summed E-state index contributed by atoms with van der Waals surface area (Å²) >= 11 is 0. The van der Waals surface area contributed by atoms with Gasteiger partial charge in [0, 0.05) is 24.7 Å². The van der Waals surface area contributed by atoms with Gasteiger partial charge in [0.15, 0.2) is 11.5 Å². The molecule has 0 N–H and O–H groups in total. The fraction of sp³-hybridized carbons (Fsp3) is 0.462. The second-order valence-corrected chi connectivity index (χ2v) is 4.33. The number of carbonyl (C=O) groups excluding carboxylic acids is 1. The molecule has 3 rings (SSSR count). The van der Waals surface area contributed by atoms with Crippen LogP contribution in [0.4, 0.5) is 5.69 Å². The number of piperidine rings is 1. The molecule has 90 valence electrons. The molecule has 4 nitrogen and oxygen atoms in total. The lowest BCUT2D eigenvalue weighted by atomic mass is 10.1. The normalized spacial score (nSPS) is 19.3. The van der Waals surface area contributed by atoms with Gasteiger partial charge in [0.1, 0.15) is 13.2 Å². The van der Waals surface area contributed by atoms with E-state index in [1.165, 1.54) is 0 Å². The molecule has 0 atom stereocenters. The number of amides is 1. The summed E-state index contributed by atoms with van der Waals surface area (Å²) in [5, 5.41) is 0. The van der Waals surface area contributed by atoms with E-state index in [4.69, 9.17) is 9.47 Å². The number of fused-ring (bicyclic) bond motifs is 1. The van der Waals surface area contributed by atoms with Gasteiger partial charge in [0.2, 0.25) is 5.91 Å². The van der Waals surface area contributed by atoms with Crippen LogP contribution in [0.1, 0.15) is 19.3 Å². The summed E-state index contributed by atoms with van der Waals surface area (Å²) in [5.41, 5.74) is 0.916. The topological polar surface area (TPSA) is 38.8 Å². The number of hydrogen-bond acceptors (Lipinski definition) is 3. The molecule has 2 aliphatic heterocycles. The van der Waals surface area contributed by atoms with Crippen molar-refractivity contribution in [3.05, 3.63) is 18.2 Å². The van der Waals surface area contributed by atoms with Crippen LogP contribution in [0.5, 0.6) is 11.5 Å². The lowest BCUT2D eigenvalue weighted by Crippen LogP contribution is -2.35. The van der Waals surface area contributed by atoms with Crippen molar-refractivity contribution >= 4 is 11.6 Å². The van der Waals surface area contributed by atoms with Crippen molar-refractivity contribution in [2.75, 3.05) is 24.7 Å². The number of ether oxygens (including phenoxy) is 2. The van der Waals surface area contributed by atoms with Crippen molar-refractivity contribution in [1.29, 1.82) is 0 Å². The quantitative estimate of drug-likeness (QED) is 0.744. The van der Waals surface area contributed by atoms with E-state index in [2.05, 4.69) is 0 Å². The van der Waals surface area contributed by atoms with Crippen molar-refractivity contribution in [2.24, 2.45) is 0 Å². The summed E-state index contributed by atoms with van der Waals surface area (Å²) in [6, 6.07) is 5.71. The van der Waals surface area contributed by atoms with Crippen LogP contribution >= 0.6 is 0 Å². The highest BCUT2D eigenvalue weighted by atomic mass is 16.6. The average molecular weight is 233 g/mol. The molecule has 0 unspecified atom stereocenters. The Bertz CT molecular complexity index is 444. The summed E-state index contributed by atoms with van der Waals surface area (Å²) in [6.07, 6.45) is 2.72. The van der Waals surface area contributed by atoms with Crippen LogP contribution in [-0.2, 0) is 4.79 Å². The molecule has 2 aliphatic rings. The van der Waals surface area contributed by atoms with Crippen molar-refractivity contribution in [3.8, 4) is 11.5 Å². The van der Waals surface area contributed by atoms with Crippen molar-refractivity contribution < 1.29 is 14.3 Å². The maximum absolute atomic E-state index is 11.8. The number of anilines is 1. The van der Waals surface area contributed by atoms with Crippen LogP contribution in [0.25, 0.3) is 0 Å². The van der Waals surface area contributed by atoms with E-state index in [1.54, 1.807) is 0 Å². The van der Waals surface area contributed by atoms with Gasteiger partial charge in [0.25, 0.3) is 0 Å². The Hall–Kier alpha value is -1.71. The lowest BCUT2D eigenvalue weighted by molar-refractivity contribution is -0.119. The fourth-order valence-electron chi connectivity index (χ4n) is 2.28. The van der Waals surface area contributed by atoms with E-state index in [0.717, 1.165) is 36.6 Å². The third-order valence-electron chi connectivity index (χ3n) is 3.16. The molecule has 0 aliphatic carbocycles. The summed E-state index contributed by atoms with van der Waals surface area (Å²) in [6.45, 7) is 1.97. The molecule has 1 amide bonds. The molecule has 17 heavy (non-hydrogen) atoms. The highest BCUT2D eigenvalue weighted by Gasteiger charge is 2.21. The van der Waals surface area contributed by atoms with Crippen molar-refractivity contribution in [1.82, 2.24) is 0 Å². The van der Waals surface area contributed by atoms with Crippen LogP contribution in [0.2, 0.25) is 0 Å². The third kappa shape index (κ3) is 1.95. The van der Waals surface area contributed by atoms with E-state index >= 15 is 0 Å². The molecule has 1 aromatic carbocycles. The first kappa shape index (κ1) is 10.4. The fourth-order valence-corrected chi connectivity index (χ4v) is 2.28. The highest BCUT2D eigenvalue weighted by Crippen LogP contribution is 2.34. The Balaban J connectivity index is 1.89. The Kier molecular flexibility index (Phi) is 2.63. The SMILES string of the molecule is O=C1CCCCN1c1ccc2c(c1)OCCO2. The predicted octanol–water partition coefficient (Wildman–Crippen LogP) is 1.97. The average Bonchev–Trinajstić information content (AvgIpc) is 2.39. The van der Waals surface area contributed by atoms with Crippen LogP contribution in [0.3, 0.4) is 0 Å². The van der Waals surface area contributed by atoms with Crippen LogP contribution < -0.4 is 14.4 Å². The predicted molar refractivity (Wildman–Crippen MR) is 63.6 cm³/mol. The minimum Gasteiger partial charge on any atom is -0.486 e. The van der Waals surface area contributed by atoms with Crippen LogP contribution in [-0.4, -0.2) is 25.7 Å². The van der Waals surface area contributed by atoms with E-state index in [9.17, 15) is 4.79 Å². The zero-order valence-corrected chi connectivity index (χ0v) is 9.65. The smallest absolute Gasteiger partial charge is 0.226 e. The number of hydrogen-bond donors (Lipinski definition) is 0. The van der Waals surface area contributed by atoms with Gasteiger partial charge < -0.3 is 14.4 Å². The monoisotopic (exact) mass is 233 g/mol. The second-order valence-electron chi connectivity index (χ2n) is 4.33. The maximum Gasteiger partial charge on any atom is 0.226 e. The first-order valence-electron chi connectivity index (χ1n) is 6.04. The first-order valence-corrected chi connectivity index (χ1v) is 6.04. The summed E-state index contributed by atoms with van der Waals surface area (Å²) < 4.78 is 11.0. The standard InChI is InChI=1S/C13H15NO3/c15-13-3-1-2-6-14(13)10-4-5-11-12(9-10)17-8-7-16-11/h4-5,9H,1-3,6-8H2. The van der Waals surface area contributed by atoms with Crippen LogP contribution in [0.15, 0.2) is 18.2 Å². The zero-order valence-electron chi connectivity index (χ0n) is 9.65. The molecular formula is C13H15NO3. The second kappa shape index (κ2) is 4.28. The lowest BCUT2D eigenvalue weighted by Gasteiger charge is -2.28. The minimum atomic E-state index is 0.202. The van der Waals surface area contributed by atoms with Gasteiger partial charge >= 0.3 is 0 Å². The van der Waals surface area contributed by atoms with E-state index in [1.807, 2.05) is 23.1 Å². The number of nitrogens with zero attached hydrogens (tertiary/aromatic N) is 1.